The molecule has 3 aromatic rings. The average molecular weight is 424 g/mol. The number of piperidine rings is 1. The minimum Gasteiger partial charge on any atom is -0.467 e. The number of carbonyl (C=O) groups is 2. The van der Waals surface area contributed by atoms with Gasteiger partial charge in [-0.15, -0.1) is 11.3 Å². The number of rotatable bonds is 6. The van der Waals surface area contributed by atoms with Crippen molar-refractivity contribution >= 4 is 28.8 Å². The lowest BCUT2D eigenvalue weighted by molar-refractivity contribution is 0.0776. The minimum absolute atomic E-state index is 0.00132. The molecular weight excluding hydrogens is 398 g/mol. The van der Waals surface area contributed by atoms with E-state index in [9.17, 15) is 9.59 Å². The third kappa shape index (κ3) is 4.57. The molecule has 6 nitrogen and oxygen atoms in total. The summed E-state index contributed by atoms with van der Waals surface area (Å²) in [6.07, 6.45) is 3.31. The molecule has 30 heavy (non-hydrogen) atoms. The van der Waals surface area contributed by atoms with Gasteiger partial charge in [-0.25, -0.2) is 0 Å². The molecule has 2 amide bonds. The minimum atomic E-state index is -0.0323. The summed E-state index contributed by atoms with van der Waals surface area (Å²) in [5.74, 6) is 0.722. The molecule has 0 bridgehead atoms. The molecule has 0 radical (unpaired) electrons. The van der Waals surface area contributed by atoms with Crippen molar-refractivity contribution < 1.29 is 14.0 Å². The van der Waals surface area contributed by atoms with E-state index in [-0.39, 0.29) is 17.9 Å². The van der Waals surface area contributed by atoms with E-state index < -0.39 is 0 Å². The first kappa shape index (κ1) is 20.2. The lowest BCUT2D eigenvalue weighted by Gasteiger charge is -2.35. The molecule has 3 heterocycles. The fourth-order valence-corrected chi connectivity index (χ4v) is 4.40. The fourth-order valence-electron chi connectivity index (χ4n) is 3.77. The Kier molecular flexibility index (Phi) is 6.18. The molecule has 0 unspecified atom stereocenters. The number of nitrogens with zero attached hydrogens (tertiary/aromatic N) is 2. The summed E-state index contributed by atoms with van der Waals surface area (Å²) in [7, 11) is 1.79. The number of thiophene rings is 1. The van der Waals surface area contributed by atoms with Crippen molar-refractivity contribution in [2.75, 3.05) is 25.0 Å². The third-order valence-corrected chi connectivity index (χ3v) is 6.24. The zero-order valence-electron chi connectivity index (χ0n) is 16.9. The van der Waals surface area contributed by atoms with Gasteiger partial charge in [0.1, 0.15) is 5.76 Å². The molecule has 7 heteroatoms. The highest BCUT2D eigenvalue weighted by Crippen LogP contribution is 2.26. The van der Waals surface area contributed by atoms with Crippen molar-refractivity contribution in [2.45, 2.75) is 25.4 Å². The molecule has 156 valence electrons. The van der Waals surface area contributed by atoms with Crippen LogP contribution in [0.15, 0.2) is 64.6 Å². The summed E-state index contributed by atoms with van der Waals surface area (Å²) < 4.78 is 5.37. The lowest BCUT2D eigenvalue weighted by atomic mass is 10.0. The first-order valence-corrected chi connectivity index (χ1v) is 11.0. The number of furan rings is 1. The third-order valence-electron chi connectivity index (χ3n) is 5.37. The molecule has 0 saturated carbocycles. The van der Waals surface area contributed by atoms with Gasteiger partial charge >= 0.3 is 0 Å². The number of nitrogens with one attached hydrogen (secondary N) is 1. The fraction of sp³-hybridized carbons (Fsp3) is 0.304. The van der Waals surface area contributed by atoms with E-state index >= 15 is 0 Å². The van der Waals surface area contributed by atoms with E-state index in [4.69, 9.17) is 4.42 Å². The molecule has 1 aliphatic heterocycles. The smallest absolute Gasteiger partial charge is 0.261 e. The van der Waals surface area contributed by atoms with Crippen LogP contribution in [0.25, 0.3) is 0 Å². The molecule has 0 aliphatic carbocycles. The topological polar surface area (TPSA) is 65.8 Å². The molecule has 2 aromatic heterocycles. The molecule has 1 aliphatic rings. The summed E-state index contributed by atoms with van der Waals surface area (Å²) in [5.41, 5.74) is 1.63. The van der Waals surface area contributed by atoms with Gasteiger partial charge in [0.25, 0.3) is 11.8 Å². The number of benzene rings is 1. The number of anilines is 1. The van der Waals surface area contributed by atoms with Crippen molar-refractivity contribution in [1.82, 2.24) is 10.2 Å². The van der Waals surface area contributed by atoms with E-state index in [1.165, 1.54) is 11.3 Å². The zero-order chi connectivity index (χ0) is 20.9. The molecule has 1 N–H and O–H groups in total. The van der Waals surface area contributed by atoms with Gasteiger partial charge in [0.05, 0.1) is 23.2 Å². The highest BCUT2D eigenvalue weighted by atomic mass is 32.1. The number of para-hydroxylation sites is 1. The van der Waals surface area contributed by atoms with Crippen LogP contribution < -0.4 is 10.2 Å². The lowest BCUT2D eigenvalue weighted by Crippen LogP contribution is -2.45. The average Bonchev–Trinajstić information content (AvgIpc) is 3.48. The van der Waals surface area contributed by atoms with Gasteiger partial charge in [0.2, 0.25) is 0 Å². The van der Waals surface area contributed by atoms with E-state index in [1.807, 2.05) is 53.9 Å². The van der Waals surface area contributed by atoms with Gasteiger partial charge < -0.3 is 19.5 Å². The van der Waals surface area contributed by atoms with Gasteiger partial charge in [-0.3, -0.25) is 9.59 Å². The van der Waals surface area contributed by atoms with Crippen molar-refractivity contribution in [3.8, 4) is 0 Å². The van der Waals surface area contributed by atoms with E-state index in [0.717, 1.165) is 42.3 Å². The van der Waals surface area contributed by atoms with E-state index in [2.05, 4.69) is 10.2 Å². The maximum Gasteiger partial charge on any atom is 0.261 e. The standard InChI is InChI=1S/C23H25N3O3S/c1-25(16-18-6-4-14-29-18)23(28)19-7-2-3-8-20(19)26-12-10-17(11-13-26)24-22(27)21-9-5-15-30-21/h2-9,14-15,17H,10-13,16H2,1H3,(H,24,27). The monoisotopic (exact) mass is 423 g/mol. The second-order valence-corrected chi connectivity index (χ2v) is 8.42. The van der Waals surface area contributed by atoms with Crippen LogP contribution in [0.1, 0.15) is 38.6 Å². The second kappa shape index (κ2) is 9.17. The molecule has 1 fully saturated rings. The van der Waals surface area contributed by atoms with Crippen LogP contribution in [-0.2, 0) is 6.54 Å². The highest BCUT2D eigenvalue weighted by Gasteiger charge is 2.25. The molecule has 0 atom stereocenters. The van der Waals surface area contributed by atoms with Crippen molar-refractivity contribution in [1.29, 1.82) is 0 Å². The highest BCUT2D eigenvalue weighted by molar-refractivity contribution is 7.12. The quantitative estimate of drug-likeness (QED) is 0.651. The molecule has 0 spiro atoms. The Hall–Kier alpha value is -3.06. The van der Waals surface area contributed by atoms with Crippen LogP contribution >= 0.6 is 11.3 Å². The Bertz CT molecular complexity index is 977. The molecular formula is C23H25N3O3S. The van der Waals surface area contributed by atoms with E-state index in [0.29, 0.717) is 12.1 Å². The number of carbonyl (C=O) groups excluding carboxylic acids is 2. The first-order chi connectivity index (χ1) is 14.6. The van der Waals surface area contributed by atoms with Crippen LogP contribution in [0.2, 0.25) is 0 Å². The van der Waals surface area contributed by atoms with Crippen molar-refractivity contribution in [3.63, 3.8) is 0 Å². The maximum atomic E-state index is 13.1. The summed E-state index contributed by atoms with van der Waals surface area (Å²) in [6, 6.07) is 15.3. The van der Waals surface area contributed by atoms with Gasteiger partial charge in [-0.05, 0) is 48.6 Å². The largest absolute Gasteiger partial charge is 0.467 e. The Labute approximate surface area is 180 Å². The second-order valence-electron chi connectivity index (χ2n) is 7.47. The Balaban J connectivity index is 1.39. The normalized spacial score (nSPS) is 14.5. The molecule has 1 saturated heterocycles. The predicted molar refractivity (Wildman–Crippen MR) is 118 cm³/mol. The van der Waals surface area contributed by atoms with Gasteiger partial charge in [0.15, 0.2) is 0 Å². The van der Waals surface area contributed by atoms with Gasteiger partial charge in [0, 0.05) is 31.9 Å². The summed E-state index contributed by atoms with van der Waals surface area (Å²) in [4.78, 5) is 30.0. The van der Waals surface area contributed by atoms with Crippen LogP contribution in [0.5, 0.6) is 0 Å². The predicted octanol–water partition coefficient (Wildman–Crippen LogP) is 4.01. The Morgan fingerprint density at radius 2 is 1.93 bits per heavy atom. The zero-order valence-corrected chi connectivity index (χ0v) is 17.7. The Morgan fingerprint density at radius 3 is 2.63 bits per heavy atom. The maximum absolute atomic E-state index is 13.1. The van der Waals surface area contributed by atoms with Crippen LogP contribution in [0.4, 0.5) is 5.69 Å². The first-order valence-electron chi connectivity index (χ1n) is 10.1. The summed E-state index contributed by atoms with van der Waals surface area (Å²) in [6.45, 7) is 2.01. The van der Waals surface area contributed by atoms with Gasteiger partial charge in [-0.2, -0.15) is 0 Å². The van der Waals surface area contributed by atoms with Crippen LogP contribution in [0, 0.1) is 0 Å². The van der Waals surface area contributed by atoms with Crippen molar-refractivity contribution in [3.05, 3.63) is 76.4 Å². The SMILES string of the molecule is CN(Cc1ccco1)C(=O)c1ccccc1N1CCC(NC(=O)c2cccs2)CC1. The van der Waals surface area contributed by atoms with Crippen LogP contribution in [0.3, 0.4) is 0 Å². The summed E-state index contributed by atoms with van der Waals surface area (Å²) >= 11 is 1.45. The van der Waals surface area contributed by atoms with E-state index in [1.54, 1.807) is 18.2 Å². The Morgan fingerprint density at radius 1 is 1.13 bits per heavy atom. The summed E-state index contributed by atoms with van der Waals surface area (Å²) in [5, 5.41) is 5.04. The van der Waals surface area contributed by atoms with Gasteiger partial charge in [-0.1, -0.05) is 18.2 Å². The van der Waals surface area contributed by atoms with Crippen LogP contribution in [-0.4, -0.2) is 42.9 Å². The molecule has 1 aromatic carbocycles. The number of hydrogen-bond donors (Lipinski definition) is 1. The number of amides is 2. The van der Waals surface area contributed by atoms with Crippen molar-refractivity contribution in [2.24, 2.45) is 0 Å². The number of hydrogen-bond acceptors (Lipinski definition) is 5. The molecule has 4 rings (SSSR count).